The molecule has 0 radical (unpaired) electrons. The summed E-state index contributed by atoms with van der Waals surface area (Å²) in [6, 6.07) is 4.05. The molecule has 0 saturated carbocycles. The van der Waals surface area contributed by atoms with Crippen molar-refractivity contribution in [2.45, 2.75) is 32.6 Å². The summed E-state index contributed by atoms with van der Waals surface area (Å²) in [4.78, 5) is 10.4. The van der Waals surface area contributed by atoms with Gasteiger partial charge in [0.15, 0.2) is 0 Å². The van der Waals surface area contributed by atoms with E-state index in [1.807, 2.05) is 25.3 Å². The van der Waals surface area contributed by atoms with Crippen LogP contribution in [0.25, 0.3) is 10.6 Å². The standard InChI is InChI=1S/C17H24N4O2S2/c1-12-13(2)24-17(19-12)14-7-8-16(18-10-14)15-6-5-9-21(11-15)25(22,23)20(3)4/h7-8,10,15H,5-6,9,11H2,1-4H3. The van der Waals surface area contributed by atoms with Crippen LogP contribution >= 0.6 is 11.3 Å². The zero-order valence-electron chi connectivity index (χ0n) is 15.1. The van der Waals surface area contributed by atoms with Crippen LogP contribution in [-0.2, 0) is 10.2 Å². The number of hydrogen-bond acceptors (Lipinski definition) is 5. The molecule has 0 aromatic carbocycles. The summed E-state index contributed by atoms with van der Waals surface area (Å²) < 4.78 is 27.6. The van der Waals surface area contributed by atoms with Crippen LogP contribution in [0.3, 0.4) is 0 Å². The molecule has 8 heteroatoms. The maximum Gasteiger partial charge on any atom is 0.281 e. The molecule has 1 saturated heterocycles. The van der Waals surface area contributed by atoms with E-state index in [-0.39, 0.29) is 5.92 Å². The van der Waals surface area contributed by atoms with Gasteiger partial charge in [0.2, 0.25) is 0 Å². The molecule has 0 aliphatic carbocycles. The second-order valence-corrected chi connectivity index (χ2v) is 9.97. The quantitative estimate of drug-likeness (QED) is 0.818. The van der Waals surface area contributed by atoms with Crippen LogP contribution in [0.15, 0.2) is 18.3 Å². The zero-order chi connectivity index (χ0) is 18.2. The minimum atomic E-state index is -3.36. The Kier molecular flexibility index (Phi) is 5.24. The Morgan fingerprint density at radius 1 is 1.28 bits per heavy atom. The third kappa shape index (κ3) is 3.76. The average Bonchev–Trinajstić information content (AvgIpc) is 2.94. The largest absolute Gasteiger partial charge is 0.281 e. The molecule has 3 rings (SSSR count). The van der Waals surface area contributed by atoms with Crippen LogP contribution in [0.2, 0.25) is 0 Å². The smallest absolute Gasteiger partial charge is 0.260 e. The van der Waals surface area contributed by atoms with Crippen molar-refractivity contribution in [3.63, 3.8) is 0 Å². The van der Waals surface area contributed by atoms with Gasteiger partial charge in [0.1, 0.15) is 5.01 Å². The van der Waals surface area contributed by atoms with E-state index in [0.29, 0.717) is 13.1 Å². The van der Waals surface area contributed by atoms with Gasteiger partial charge in [0.25, 0.3) is 10.2 Å². The number of nitrogens with zero attached hydrogens (tertiary/aromatic N) is 4. The monoisotopic (exact) mass is 380 g/mol. The van der Waals surface area contributed by atoms with E-state index in [1.165, 1.54) is 9.18 Å². The SMILES string of the molecule is Cc1nc(-c2ccc(C3CCCN(S(=O)(=O)N(C)C)C3)nc2)sc1C. The normalized spacial score (nSPS) is 19.5. The molecule has 6 nitrogen and oxygen atoms in total. The third-order valence-corrected chi connectivity index (χ3v) is 7.68. The highest BCUT2D eigenvalue weighted by Gasteiger charge is 2.31. The first-order chi connectivity index (χ1) is 11.8. The van der Waals surface area contributed by atoms with Gasteiger partial charge in [-0.25, -0.2) is 4.98 Å². The van der Waals surface area contributed by atoms with Crippen LogP contribution in [0.4, 0.5) is 0 Å². The van der Waals surface area contributed by atoms with Crippen molar-refractivity contribution in [2.75, 3.05) is 27.2 Å². The summed E-state index contributed by atoms with van der Waals surface area (Å²) in [7, 11) is -0.217. The van der Waals surface area contributed by atoms with Gasteiger partial charge in [0, 0.05) is 55.4 Å². The third-order valence-electron chi connectivity index (χ3n) is 4.65. The Hall–Kier alpha value is -1.35. The lowest BCUT2D eigenvalue weighted by atomic mass is 9.95. The van der Waals surface area contributed by atoms with Gasteiger partial charge in [-0.3, -0.25) is 4.98 Å². The van der Waals surface area contributed by atoms with E-state index in [9.17, 15) is 8.42 Å². The number of hydrogen-bond donors (Lipinski definition) is 0. The van der Waals surface area contributed by atoms with Crippen LogP contribution in [0, 0.1) is 13.8 Å². The first-order valence-corrected chi connectivity index (χ1v) is 10.6. The molecular weight excluding hydrogens is 356 g/mol. The van der Waals surface area contributed by atoms with Gasteiger partial charge in [-0.1, -0.05) is 0 Å². The van der Waals surface area contributed by atoms with Crippen LogP contribution < -0.4 is 0 Å². The fourth-order valence-corrected chi connectivity index (χ4v) is 5.09. The van der Waals surface area contributed by atoms with Crippen LogP contribution in [0.5, 0.6) is 0 Å². The van der Waals surface area contributed by atoms with Gasteiger partial charge < -0.3 is 0 Å². The van der Waals surface area contributed by atoms with E-state index in [4.69, 9.17) is 0 Å². The first-order valence-electron chi connectivity index (χ1n) is 8.37. The molecule has 25 heavy (non-hydrogen) atoms. The molecule has 1 unspecified atom stereocenters. The Labute approximate surface area is 153 Å². The zero-order valence-corrected chi connectivity index (χ0v) is 16.7. The highest BCUT2D eigenvalue weighted by atomic mass is 32.2. The van der Waals surface area contributed by atoms with E-state index >= 15 is 0 Å². The molecule has 0 N–H and O–H groups in total. The molecule has 1 aliphatic rings. The minimum absolute atomic E-state index is 0.136. The van der Waals surface area contributed by atoms with Crippen LogP contribution in [-0.4, -0.2) is 54.2 Å². The molecule has 136 valence electrons. The average molecular weight is 381 g/mol. The van der Waals surface area contributed by atoms with Crippen molar-refractivity contribution in [1.29, 1.82) is 0 Å². The second-order valence-electron chi connectivity index (χ2n) is 6.62. The van der Waals surface area contributed by atoms with Gasteiger partial charge in [-0.05, 0) is 38.8 Å². The molecule has 0 bridgehead atoms. The predicted octanol–water partition coefficient (Wildman–Crippen LogP) is 2.81. The number of pyridine rings is 1. The second kappa shape index (κ2) is 7.11. The maximum atomic E-state index is 12.4. The lowest BCUT2D eigenvalue weighted by Crippen LogP contribution is -2.45. The first kappa shape index (κ1) is 18.4. The maximum absolute atomic E-state index is 12.4. The Morgan fingerprint density at radius 2 is 2.04 bits per heavy atom. The molecule has 2 aromatic heterocycles. The number of rotatable bonds is 4. The van der Waals surface area contributed by atoms with Crippen molar-refractivity contribution < 1.29 is 8.42 Å². The lowest BCUT2D eigenvalue weighted by Gasteiger charge is -2.33. The molecular formula is C17H24N4O2S2. The summed E-state index contributed by atoms with van der Waals surface area (Å²) >= 11 is 1.67. The van der Waals surface area contributed by atoms with Crippen molar-refractivity contribution in [1.82, 2.24) is 18.6 Å². The van der Waals surface area contributed by atoms with E-state index < -0.39 is 10.2 Å². The molecule has 0 spiro atoms. The van der Waals surface area contributed by atoms with Crippen LogP contribution in [0.1, 0.15) is 35.0 Å². The summed E-state index contributed by atoms with van der Waals surface area (Å²) in [5, 5.41) is 0.981. The number of aromatic nitrogens is 2. The molecule has 2 aromatic rings. The number of thiazole rings is 1. The van der Waals surface area contributed by atoms with Gasteiger partial charge >= 0.3 is 0 Å². The molecule has 3 heterocycles. The molecule has 1 aliphatic heterocycles. The van der Waals surface area contributed by atoms with E-state index in [1.54, 1.807) is 29.7 Å². The van der Waals surface area contributed by atoms with Crippen molar-refractivity contribution in [2.24, 2.45) is 0 Å². The van der Waals surface area contributed by atoms with Crippen molar-refractivity contribution in [3.8, 4) is 10.6 Å². The minimum Gasteiger partial charge on any atom is -0.260 e. The Balaban J connectivity index is 1.78. The fraction of sp³-hybridized carbons (Fsp3) is 0.529. The molecule has 1 fully saturated rings. The molecule has 1 atom stereocenters. The van der Waals surface area contributed by atoms with Gasteiger partial charge in [-0.2, -0.15) is 17.0 Å². The number of aryl methyl sites for hydroxylation is 2. The highest BCUT2D eigenvalue weighted by molar-refractivity contribution is 7.86. The van der Waals surface area contributed by atoms with E-state index in [0.717, 1.165) is 34.8 Å². The molecule has 0 amide bonds. The fourth-order valence-electron chi connectivity index (χ4n) is 2.99. The summed E-state index contributed by atoms with van der Waals surface area (Å²) in [5.74, 6) is 0.136. The van der Waals surface area contributed by atoms with Gasteiger partial charge in [0.05, 0.1) is 5.69 Å². The van der Waals surface area contributed by atoms with Crippen molar-refractivity contribution in [3.05, 3.63) is 34.6 Å². The summed E-state index contributed by atoms with van der Waals surface area (Å²) in [5.41, 5.74) is 3.02. The summed E-state index contributed by atoms with van der Waals surface area (Å²) in [6.07, 6.45) is 3.67. The predicted molar refractivity (Wildman–Crippen MR) is 101 cm³/mol. The Morgan fingerprint density at radius 3 is 2.60 bits per heavy atom. The highest BCUT2D eigenvalue weighted by Crippen LogP contribution is 2.30. The summed E-state index contributed by atoms with van der Waals surface area (Å²) in [6.45, 7) is 5.15. The van der Waals surface area contributed by atoms with Gasteiger partial charge in [-0.15, -0.1) is 11.3 Å². The number of piperidine rings is 1. The van der Waals surface area contributed by atoms with Crippen molar-refractivity contribution >= 4 is 21.5 Å². The Bertz CT molecular complexity index is 825. The lowest BCUT2D eigenvalue weighted by molar-refractivity contribution is 0.296. The van der Waals surface area contributed by atoms with E-state index in [2.05, 4.69) is 16.9 Å². The topological polar surface area (TPSA) is 66.4 Å².